The standard InChI is InChI=1S/C18H25NO3/c1-19-12-11-16(13-19)22-17(20)18(21,15-9-5-6-10-15)14-7-3-2-4-8-14/h2-4,7-8,15-16,21H,5-6,9-13H2,1H3/t16-,18?/m1/s1. The van der Waals surface area contributed by atoms with Crippen molar-refractivity contribution in [2.45, 2.75) is 43.8 Å². The summed E-state index contributed by atoms with van der Waals surface area (Å²) in [5.74, 6) is -0.507. The highest BCUT2D eigenvalue weighted by molar-refractivity contribution is 5.81. The highest BCUT2D eigenvalue weighted by Crippen LogP contribution is 2.41. The molecule has 1 heterocycles. The van der Waals surface area contributed by atoms with Gasteiger partial charge in [-0.15, -0.1) is 0 Å². The Hall–Kier alpha value is -1.39. The summed E-state index contributed by atoms with van der Waals surface area (Å²) < 4.78 is 5.68. The second kappa shape index (κ2) is 6.39. The van der Waals surface area contributed by atoms with Crippen molar-refractivity contribution in [3.05, 3.63) is 35.9 Å². The number of likely N-dealkylation sites (tertiary alicyclic amines) is 1. The van der Waals surface area contributed by atoms with E-state index in [9.17, 15) is 9.90 Å². The lowest BCUT2D eigenvalue weighted by atomic mass is 9.80. The molecule has 2 aliphatic rings. The molecule has 1 aliphatic carbocycles. The summed E-state index contributed by atoms with van der Waals surface area (Å²) in [7, 11) is 2.02. The minimum absolute atomic E-state index is 0.0402. The number of hydrogen-bond acceptors (Lipinski definition) is 4. The van der Waals surface area contributed by atoms with Crippen LogP contribution in [0.3, 0.4) is 0 Å². The molecule has 0 radical (unpaired) electrons. The quantitative estimate of drug-likeness (QED) is 0.867. The highest BCUT2D eigenvalue weighted by Gasteiger charge is 2.48. The number of carbonyl (C=O) groups is 1. The maximum Gasteiger partial charge on any atom is 0.343 e. The topological polar surface area (TPSA) is 49.8 Å². The fraction of sp³-hybridized carbons (Fsp3) is 0.611. The Morgan fingerprint density at radius 3 is 2.50 bits per heavy atom. The minimum atomic E-state index is -1.50. The fourth-order valence-electron chi connectivity index (χ4n) is 3.79. The number of aliphatic hydroxyl groups is 1. The third-order valence-electron chi connectivity index (χ3n) is 5.09. The summed E-state index contributed by atoms with van der Waals surface area (Å²) in [5.41, 5.74) is -0.836. The zero-order valence-electron chi connectivity index (χ0n) is 13.2. The number of esters is 1. The van der Waals surface area contributed by atoms with E-state index in [4.69, 9.17) is 4.74 Å². The molecule has 1 saturated heterocycles. The zero-order chi connectivity index (χ0) is 15.6. The van der Waals surface area contributed by atoms with Crippen LogP contribution in [0, 0.1) is 5.92 Å². The molecule has 1 aromatic rings. The van der Waals surface area contributed by atoms with Gasteiger partial charge in [-0.1, -0.05) is 43.2 Å². The van der Waals surface area contributed by atoms with E-state index in [2.05, 4.69) is 4.90 Å². The van der Waals surface area contributed by atoms with Gasteiger partial charge in [-0.2, -0.15) is 0 Å². The molecule has 1 aliphatic heterocycles. The maximum atomic E-state index is 12.8. The van der Waals surface area contributed by atoms with Gasteiger partial charge in [0.05, 0.1) is 0 Å². The van der Waals surface area contributed by atoms with E-state index >= 15 is 0 Å². The van der Waals surface area contributed by atoms with Crippen molar-refractivity contribution in [1.82, 2.24) is 4.90 Å². The van der Waals surface area contributed by atoms with Crippen molar-refractivity contribution in [3.63, 3.8) is 0 Å². The fourth-order valence-corrected chi connectivity index (χ4v) is 3.79. The molecule has 22 heavy (non-hydrogen) atoms. The number of rotatable bonds is 4. The summed E-state index contributed by atoms with van der Waals surface area (Å²) in [4.78, 5) is 15.0. The predicted octanol–water partition coefficient (Wildman–Crippen LogP) is 2.31. The summed E-state index contributed by atoms with van der Waals surface area (Å²) in [6.45, 7) is 1.69. The zero-order valence-corrected chi connectivity index (χ0v) is 13.2. The normalized spacial score (nSPS) is 26.0. The number of carbonyl (C=O) groups excluding carboxylic acids is 1. The van der Waals surface area contributed by atoms with E-state index in [0.29, 0.717) is 5.56 Å². The van der Waals surface area contributed by atoms with Crippen LogP contribution in [0.1, 0.15) is 37.7 Å². The Bertz CT molecular complexity index is 512. The summed E-state index contributed by atoms with van der Waals surface area (Å²) in [6, 6.07) is 9.30. The van der Waals surface area contributed by atoms with Crippen LogP contribution in [0.5, 0.6) is 0 Å². The van der Waals surface area contributed by atoms with Gasteiger partial charge in [-0.3, -0.25) is 0 Å². The van der Waals surface area contributed by atoms with Crippen LogP contribution in [-0.4, -0.2) is 42.2 Å². The van der Waals surface area contributed by atoms with E-state index < -0.39 is 11.6 Å². The molecule has 1 unspecified atom stereocenters. The van der Waals surface area contributed by atoms with Crippen molar-refractivity contribution in [3.8, 4) is 0 Å². The Morgan fingerprint density at radius 2 is 1.91 bits per heavy atom. The second-order valence-electron chi connectivity index (χ2n) is 6.69. The lowest BCUT2D eigenvalue weighted by Gasteiger charge is -2.33. The molecule has 0 spiro atoms. The van der Waals surface area contributed by atoms with Gasteiger partial charge in [-0.05, 0) is 31.9 Å². The molecule has 2 fully saturated rings. The summed E-state index contributed by atoms with van der Waals surface area (Å²) in [6.07, 6.45) is 4.64. The van der Waals surface area contributed by atoms with Crippen LogP contribution < -0.4 is 0 Å². The van der Waals surface area contributed by atoms with E-state index in [0.717, 1.165) is 45.2 Å². The number of nitrogens with zero attached hydrogens (tertiary/aromatic N) is 1. The van der Waals surface area contributed by atoms with Gasteiger partial charge < -0.3 is 14.7 Å². The van der Waals surface area contributed by atoms with Gasteiger partial charge in [0, 0.05) is 19.0 Å². The van der Waals surface area contributed by atoms with E-state index in [-0.39, 0.29) is 12.0 Å². The van der Waals surface area contributed by atoms with Crippen LogP contribution in [0.25, 0.3) is 0 Å². The summed E-state index contributed by atoms with van der Waals surface area (Å²) in [5, 5.41) is 11.3. The van der Waals surface area contributed by atoms with Crippen molar-refractivity contribution in [2.24, 2.45) is 5.92 Å². The third kappa shape index (κ3) is 2.90. The smallest absolute Gasteiger partial charge is 0.343 e. The van der Waals surface area contributed by atoms with Crippen LogP contribution in [0.2, 0.25) is 0 Å². The van der Waals surface area contributed by atoms with Crippen molar-refractivity contribution >= 4 is 5.97 Å². The molecule has 4 nitrogen and oxygen atoms in total. The lowest BCUT2D eigenvalue weighted by Crippen LogP contribution is -2.45. The first kappa shape index (κ1) is 15.5. The SMILES string of the molecule is CN1CC[C@@H](OC(=O)C(O)(c2ccccc2)C2CCCC2)C1. The third-order valence-corrected chi connectivity index (χ3v) is 5.09. The molecule has 120 valence electrons. The molecule has 3 rings (SSSR count). The number of ether oxygens (including phenoxy) is 1. The first-order valence-electron chi connectivity index (χ1n) is 8.28. The van der Waals surface area contributed by atoms with Crippen LogP contribution >= 0.6 is 0 Å². The predicted molar refractivity (Wildman–Crippen MR) is 84.3 cm³/mol. The molecule has 1 aromatic carbocycles. The monoisotopic (exact) mass is 303 g/mol. The Kier molecular flexibility index (Phi) is 4.50. The molecule has 0 amide bonds. The average molecular weight is 303 g/mol. The van der Waals surface area contributed by atoms with Crippen molar-refractivity contribution in [2.75, 3.05) is 20.1 Å². The Morgan fingerprint density at radius 1 is 1.23 bits per heavy atom. The van der Waals surface area contributed by atoms with Crippen molar-refractivity contribution in [1.29, 1.82) is 0 Å². The number of benzene rings is 1. The van der Waals surface area contributed by atoms with E-state index in [1.807, 2.05) is 37.4 Å². The first-order chi connectivity index (χ1) is 10.6. The van der Waals surface area contributed by atoms with E-state index in [1.54, 1.807) is 0 Å². The minimum Gasteiger partial charge on any atom is -0.459 e. The van der Waals surface area contributed by atoms with Gasteiger partial charge in [0.15, 0.2) is 5.60 Å². The van der Waals surface area contributed by atoms with Crippen LogP contribution in [-0.2, 0) is 15.1 Å². The highest BCUT2D eigenvalue weighted by atomic mass is 16.6. The van der Waals surface area contributed by atoms with Crippen LogP contribution in [0.4, 0.5) is 0 Å². The van der Waals surface area contributed by atoms with Gasteiger partial charge in [0.2, 0.25) is 0 Å². The molecule has 4 heteroatoms. The molecule has 2 atom stereocenters. The first-order valence-corrected chi connectivity index (χ1v) is 8.28. The Balaban J connectivity index is 1.83. The van der Waals surface area contributed by atoms with Gasteiger partial charge in [-0.25, -0.2) is 4.79 Å². The number of likely N-dealkylation sites (N-methyl/N-ethyl adjacent to an activating group) is 1. The summed E-state index contributed by atoms with van der Waals surface area (Å²) >= 11 is 0. The molecule has 0 bridgehead atoms. The maximum absolute atomic E-state index is 12.8. The molecular formula is C18H25NO3. The molecule has 1 N–H and O–H groups in total. The van der Waals surface area contributed by atoms with Gasteiger partial charge >= 0.3 is 5.97 Å². The van der Waals surface area contributed by atoms with Gasteiger partial charge in [0.25, 0.3) is 0 Å². The molecular weight excluding hydrogens is 278 g/mol. The van der Waals surface area contributed by atoms with Gasteiger partial charge in [0.1, 0.15) is 6.10 Å². The lowest BCUT2D eigenvalue weighted by molar-refractivity contribution is -0.178. The van der Waals surface area contributed by atoms with E-state index in [1.165, 1.54) is 0 Å². The number of hydrogen-bond donors (Lipinski definition) is 1. The van der Waals surface area contributed by atoms with Crippen molar-refractivity contribution < 1.29 is 14.6 Å². The largest absolute Gasteiger partial charge is 0.459 e. The molecule has 1 saturated carbocycles. The Labute approximate surface area is 132 Å². The molecule has 0 aromatic heterocycles. The second-order valence-corrected chi connectivity index (χ2v) is 6.69. The van der Waals surface area contributed by atoms with Crippen LogP contribution in [0.15, 0.2) is 30.3 Å². The average Bonchev–Trinajstić information content (AvgIpc) is 3.19.